The van der Waals surface area contributed by atoms with Crippen LogP contribution in [0.2, 0.25) is 0 Å². The summed E-state index contributed by atoms with van der Waals surface area (Å²) in [7, 11) is 0. The Morgan fingerprint density at radius 3 is 2.12 bits per heavy atom. The van der Waals surface area contributed by atoms with Crippen LogP contribution in [-0.4, -0.2) is 32.6 Å². The van der Waals surface area contributed by atoms with Crippen LogP contribution in [0.3, 0.4) is 0 Å². The second kappa shape index (κ2) is 11.2. The van der Waals surface area contributed by atoms with Gasteiger partial charge in [-0.05, 0) is 67.8 Å². The van der Waals surface area contributed by atoms with Crippen LogP contribution in [0.1, 0.15) is 20.3 Å². The molecule has 8 nitrogen and oxygen atoms in total. The molecule has 0 spiro atoms. The van der Waals surface area contributed by atoms with Crippen LogP contribution in [0.5, 0.6) is 0 Å². The van der Waals surface area contributed by atoms with Gasteiger partial charge in [-0.3, -0.25) is 14.4 Å². The molecule has 0 radical (unpaired) electrons. The molecule has 0 bridgehead atoms. The fourth-order valence-corrected chi connectivity index (χ4v) is 6.80. The Hall–Kier alpha value is 0.130. The largest absolute Gasteiger partial charge is 0.478 e. The van der Waals surface area contributed by atoms with Crippen molar-refractivity contribution in [1.82, 2.24) is 0 Å². The zero-order valence-corrected chi connectivity index (χ0v) is 21.3. The van der Waals surface area contributed by atoms with Crippen molar-refractivity contribution in [2.45, 2.75) is 23.9 Å². The van der Waals surface area contributed by atoms with Crippen LogP contribution >= 0.6 is 92.6 Å². The van der Waals surface area contributed by atoms with Gasteiger partial charge in [-0.25, -0.2) is 4.79 Å². The molecule has 1 rings (SSSR count). The predicted octanol–water partition coefficient (Wildman–Crippen LogP) is 3.01. The molecule has 0 fully saturated rings. The summed E-state index contributed by atoms with van der Waals surface area (Å²) in [4.78, 5) is 47.1. The highest BCUT2D eigenvalue weighted by Crippen LogP contribution is 2.51. The molecular formula is C13H14Cl2I3NO7. The molecule has 3 N–H and O–H groups in total. The number of halogens is 5. The van der Waals surface area contributed by atoms with Crippen LogP contribution in [0.25, 0.3) is 0 Å². The highest BCUT2D eigenvalue weighted by Gasteiger charge is 2.56. The van der Waals surface area contributed by atoms with Crippen LogP contribution in [0.15, 0.2) is 18.4 Å². The van der Waals surface area contributed by atoms with Gasteiger partial charge in [-0.1, -0.05) is 6.92 Å². The molecule has 0 aromatic heterocycles. The lowest BCUT2D eigenvalue weighted by Crippen LogP contribution is -2.48. The monoisotopic (exact) mass is 747 g/mol. The van der Waals surface area contributed by atoms with Crippen LogP contribution < -0.4 is 5.73 Å². The Morgan fingerprint density at radius 2 is 1.73 bits per heavy atom. The molecule has 2 unspecified atom stereocenters. The lowest BCUT2D eigenvalue weighted by molar-refractivity contribution is -0.165. The van der Waals surface area contributed by atoms with Crippen molar-refractivity contribution in [1.29, 1.82) is 0 Å². The van der Waals surface area contributed by atoms with Gasteiger partial charge < -0.3 is 20.3 Å². The maximum atomic E-state index is 12.4. The number of nitrogens with two attached hydrogens (primary N) is 1. The summed E-state index contributed by atoms with van der Waals surface area (Å²) in [6.07, 6.45) is -0.0464. The van der Waals surface area contributed by atoms with E-state index in [0.29, 0.717) is 0 Å². The first-order chi connectivity index (χ1) is 11.0. The average Bonchev–Trinajstić information content (AvgIpc) is 2.43. The fraction of sp³-hybridized carbons (Fsp3) is 0.385. The molecule has 1 aliphatic rings. The first-order valence-electron chi connectivity index (χ1n) is 6.39. The van der Waals surface area contributed by atoms with Gasteiger partial charge in [-0.2, -0.15) is 0 Å². The normalized spacial score (nSPS) is 22.0. The Kier molecular flexibility index (Phi) is 12.2. The van der Waals surface area contributed by atoms with Crippen LogP contribution in [0.4, 0.5) is 0 Å². The summed E-state index contributed by atoms with van der Waals surface area (Å²) >= 11 is 5.03. The zero-order valence-electron chi connectivity index (χ0n) is 13.2. The van der Waals surface area contributed by atoms with E-state index in [0.717, 1.165) is 6.92 Å². The summed E-state index contributed by atoms with van der Waals surface area (Å²) in [5, 5.41) is 9.53. The molecule has 0 aromatic carbocycles. The highest BCUT2D eigenvalue weighted by atomic mass is 127. The third kappa shape index (κ3) is 5.81. The van der Waals surface area contributed by atoms with Crippen molar-refractivity contribution in [2.24, 2.45) is 11.7 Å². The minimum absolute atomic E-state index is 0. The number of allylic oxidation sites excluding steroid dienone is 1. The van der Waals surface area contributed by atoms with Gasteiger partial charge in [0.05, 0.1) is 9.28 Å². The fourth-order valence-electron chi connectivity index (χ4n) is 1.91. The molecule has 0 aliphatic heterocycles. The first-order valence-corrected chi connectivity index (χ1v) is 9.63. The van der Waals surface area contributed by atoms with Crippen molar-refractivity contribution < 1.29 is 33.8 Å². The quantitative estimate of drug-likeness (QED) is 0.194. The van der Waals surface area contributed by atoms with Crippen molar-refractivity contribution in [2.75, 3.05) is 0 Å². The van der Waals surface area contributed by atoms with Gasteiger partial charge in [0.25, 0.3) is 0 Å². The van der Waals surface area contributed by atoms with E-state index in [1.54, 1.807) is 67.8 Å². The van der Waals surface area contributed by atoms with E-state index in [4.69, 9.17) is 15.2 Å². The minimum Gasteiger partial charge on any atom is -0.478 e. The van der Waals surface area contributed by atoms with E-state index >= 15 is 0 Å². The smallest absolute Gasteiger partial charge is 0.337 e. The van der Waals surface area contributed by atoms with Crippen LogP contribution in [-0.2, 0) is 28.7 Å². The first kappa shape index (κ1) is 28.3. The predicted molar refractivity (Wildman–Crippen MR) is 122 cm³/mol. The van der Waals surface area contributed by atoms with Gasteiger partial charge in [0, 0.05) is 16.9 Å². The molecule has 26 heavy (non-hydrogen) atoms. The SMILES string of the molecule is CCC(=O)OC(=O)C1C(I)=C(N)C(I)=C(C(=O)O)C1(I)OC(C)=O.Cl.Cl. The Balaban J connectivity index is 0. The minimum atomic E-state index is -1.89. The third-order valence-corrected chi connectivity index (χ3v) is 6.63. The van der Waals surface area contributed by atoms with Gasteiger partial charge in [-0.15, -0.1) is 24.8 Å². The van der Waals surface area contributed by atoms with Crippen molar-refractivity contribution >= 4 is 116 Å². The molecule has 13 heteroatoms. The number of esters is 3. The maximum absolute atomic E-state index is 12.4. The highest BCUT2D eigenvalue weighted by molar-refractivity contribution is 14.1. The molecule has 2 atom stereocenters. The molecule has 0 saturated carbocycles. The number of carbonyl (C=O) groups excluding carboxylic acids is 3. The number of alkyl halides is 1. The Morgan fingerprint density at radius 1 is 1.23 bits per heavy atom. The van der Waals surface area contributed by atoms with Crippen LogP contribution in [0, 0.1) is 5.92 Å². The standard InChI is InChI=1S/C13H12I3NO7.2ClH/c1-3-5(19)23-12(22)7-9(15)10(17)8(14)6(11(20)21)13(7,16)24-4(2)18;;/h7H,3,17H2,1-2H3,(H,20,21);2*1H. The van der Waals surface area contributed by atoms with E-state index in [9.17, 15) is 24.3 Å². The van der Waals surface area contributed by atoms with E-state index in [2.05, 4.69) is 0 Å². The number of ether oxygens (including phenoxy) is 2. The third-order valence-electron chi connectivity index (χ3n) is 2.92. The second-order valence-electron chi connectivity index (χ2n) is 4.57. The van der Waals surface area contributed by atoms with Gasteiger partial charge in [0.15, 0.2) is 0 Å². The van der Waals surface area contributed by atoms with Crippen molar-refractivity contribution in [3.63, 3.8) is 0 Å². The number of carboxylic acid groups (broad SMARTS) is 1. The molecule has 0 saturated heterocycles. The summed E-state index contributed by atoms with van der Waals surface area (Å²) in [6, 6.07) is 0. The Labute approximate surface area is 202 Å². The molecular weight excluding hydrogens is 734 g/mol. The lowest BCUT2D eigenvalue weighted by Gasteiger charge is -2.37. The van der Waals surface area contributed by atoms with Gasteiger partial charge in [0.2, 0.25) is 3.61 Å². The summed E-state index contributed by atoms with van der Waals surface area (Å²) in [5.74, 6) is -5.39. The number of rotatable bonds is 4. The molecule has 0 heterocycles. The molecule has 148 valence electrons. The number of aliphatic carboxylic acids is 1. The number of carboxylic acids is 1. The average molecular weight is 748 g/mol. The Bertz CT molecular complexity index is 695. The maximum Gasteiger partial charge on any atom is 0.337 e. The van der Waals surface area contributed by atoms with E-state index in [1.807, 2.05) is 0 Å². The second-order valence-corrected chi connectivity index (χ2v) is 8.42. The molecule has 0 amide bonds. The lowest BCUT2D eigenvalue weighted by atomic mass is 9.89. The van der Waals surface area contributed by atoms with Crippen molar-refractivity contribution in [3.05, 3.63) is 18.4 Å². The van der Waals surface area contributed by atoms with E-state index in [1.165, 1.54) is 6.92 Å². The van der Waals surface area contributed by atoms with Gasteiger partial charge >= 0.3 is 23.9 Å². The number of hydrogen-bond donors (Lipinski definition) is 2. The summed E-state index contributed by atoms with van der Waals surface area (Å²) < 4.78 is 8.38. The summed E-state index contributed by atoms with van der Waals surface area (Å²) in [6.45, 7) is 2.58. The summed E-state index contributed by atoms with van der Waals surface area (Å²) in [5.41, 5.74) is 5.60. The molecule has 0 aromatic rings. The van der Waals surface area contributed by atoms with E-state index in [-0.39, 0.29) is 49.7 Å². The van der Waals surface area contributed by atoms with Crippen molar-refractivity contribution in [3.8, 4) is 0 Å². The zero-order chi connectivity index (χ0) is 18.8. The number of hydrogen-bond acceptors (Lipinski definition) is 7. The molecule has 1 aliphatic carbocycles. The topological polar surface area (TPSA) is 133 Å². The van der Waals surface area contributed by atoms with E-state index < -0.39 is 33.4 Å². The van der Waals surface area contributed by atoms with Gasteiger partial charge in [0.1, 0.15) is 11.5 Å². The number of carbonyl (C=O) groups is 4.